The average Bonchev–Trinajstić information content (AvgIpc) is 3.23. The third-order valence-corrected chi connectivity index (χ3v) is 10.5. The molecule has 0 spiro atoms. The Morgan fingerprint density at radius 1 is 0.533 bits per heavy atom. The molecule has 1 saturated carbocycles. The highest BCUT2D eigenvalue weighted by atomic mass is 31.2. The molecule has 0 aromatic carbocycles. The Labute approximate surface area is 358 Å². The Bertz CT molecular complexity index is 1370. The van der Waals surface area contributed by atoms with Gasteiger partial charge in [-0.3, -0.25) is 18.6 Å². The van der Waals surface area contributed by atoms with Crippen LogP contribution in [0.25, 0.3) is 0 Å². The molecular formula is C46H75O13P. The molecule has 342 valence electrons. The van der Waals surface area contributed by atoms with E-state index in [-0.39, 0.29) is 12.8 Å². The number of esters is 2. The van der Waals surface area contributed by atoms with Gasteiger partial charge in [0, 0.05) is 12.8 Å². The minimum atomic E-state index is -5.14. The molecule has 1 aliphatic carbocycles. The second-order valence-electron chi connectivity index (χ2n) is 14.8. The van der Waals surface area contributed by atoms with Crippen molar-refractivity contribution in [3.05, 3.63) is 85.1 Å². The van der Waals surface area contributed by atoms with Crippen LogP contribution in [0.2, 0.25) is 0 Å². The summed E-state index contributed by atoms with van der Waals surface area (Å²) >= 11 is 0. The first kappa shape index (κ1) is 55.0. The molecule has 0 aromatic heterocycles. The first-order chi connectivity index (χ1) is 28.9. The summed E-state index contributed by atoms with van der Waals surface area (Å²) in [7, 11) is -5.14. The van der Waals surface area contributed by atoms with Crippen LogP contribution in [0.4, 0.5) is 0 Å². The van der Waals surface area contributed by atoms with Gasteiger partial charge in [-0.2, -0.15) is 0 Å². The smallest absolute Gasteiger partial charge is 0.462 e. The van der Waals surface area contributed by atoms with E-state index in [1.54, 1.807) is 0 Å². The predicted molar refractivity (Wildman–Crippen MR) is 235 cm³/mol. The Morgan fingerprint density at radius 3 is 1.52 bits per heavy atom. The van der Waals surface area contributed by atoms with E-state index in [1.807, 2.05) is 18.2 Å². The van der Waals surface area contributed by atoms with Gasteiger partial charge in [0.15, 0.2) is 6.10 Å². The van der Waals surface area contributed by atoms with Crippen LogP contribution < -0.4 is 0 Å². The third kappa shape index (κ3) is 27.8. The van der Waals surface area contributed by atoms with E-state index in [0.29, 0.717) is 19.3 Å². The van der Waals surface area contributed by atoms with Crippen molar-refractivity contribution in [3.63, 3.8) is 0 Å². The number of allylic oxidation sites excluding steroid dienone is 14. The van der Waals surface area contributed by atoms with Gasteiger partial charge in [0.1, 0.15) is 43.2 Å². The Hall–Kier alpha value is -2.97. The van der Waals surface area contributed by atoms with Gasteiger partial charge in [0.2, 0.25) is 0 Å². The molecular weight excluding hydrogens is 791 g/mol. The summed E-state index contributed by atoms with van der Waals surface area (Å²) in [6, 6.07) is 0. The fourth-order valence-corrected chi connectivity index (χ4v) is 6.93. The van der Waals surface area contributed by atoms with Crippen molar-refractivity contribution >= 4 is 19.8 Å². The summed E-state index contributed by atoms with van der Waals surface area (Å²) in [4.78, 5) is 35.6. The van der Waals surface area contributed by atoms with E-state index in [2.05, 4.69) is 80.7 Å². The monoisotopic (exact) mass is 866 g/mol. The number of carbonyl (C=O) groups excluding carboxylic acids is 2. The second kappa shape index (κ2) is 35.6. The molecule has 0 amide bonds. The third-order valence-electron chi connectivity index (χ3n) is 9.48. The van der Waals surface area contributed by atoms with Crippen LogP contribution in [0.15, 0.2) is 85.1 Å². The van der Waals surface area contributed by atoms with E-state index in [1.165, 1.54) is 19.3 Å². The molecule has 6 atom stereocenters. The van der Waals surface area contributed by atoms with Crippen molar-refractivity contribution in [1.82, 2.24) is 0 Å². The van der Waals surface area contributed by atoms with Gasteiger partial charge in [0.25, 0.3) is 0 Å². The van der Waals surface area contributed by atoms with Gasteiger partial charge in [-0.1, -0.05) is 131 Å². The van der Waals surface area contributed by atoms with Gasteiger partial charge in [-0.25, -0.2) is 4.57 Å². The second-order valence-corrected chi connectivity index (χ2v) is 16.2. The first-order valence-electron chi connectivity index (χ1n) is 21.9. The number of carbonyl (C=O) groups is 2. The fraction of sp³-hybridized carbons (Fsp3) is 0.652. The standard InChI is InChI=1S/C46H75O13P/c1-3-5-7-9-11-13-15-17-18-19-20-21-22-23-25-27-29-31-33-35-40(48)58-38(36-56-39(47)34-32-30-28-26-24-16-14-12-10-8-6-4-2)37-57-60(54,55)59-46-44(52)42(50)41(49)43(51)45(46)53/h5,7,11-14,17-18,20-21,23,25,29,31,38,41-46,49-53H,3-4,6,8-10,15-16,19,22,24,26-28,30,32-37H2,1-2H3,(H,54,55)/b7-5-,13-11-,14-12-,18-17-,21-20-,25-23-,31-29-. The van der Waals surface area contributed by atoms with Gasteiger partial charge in [0.05, 0.1) is 6.61 Å². The number of ether oxygens (including phenoxy) is 2. The first-order valence-corrected chi connectivity index (χ1v) is 23.4. The van der Waals surface area contributed by atoms with Gasteiger partial charge >= 0.3 is 19.8 Å². The Morgan fingerprint density at radius 2 is 0.983 bits per heavy atom. The van der Waals surface area contributed by atoms with E-state index in [4.69, 9.17) is 18.5 Å². The minimum absolute atomic E-state index is 0.0346. The lowest BCUT2D eigenvalue weighted by Crippen LogP contribution is -2.64. The number of aliphatic hydroxyl groups is 5. The number of hydrogen-bond donors (Lipinski definition) is 6. The lowest BCUT2D eigenvalue weighted by Gasteiger charge is -2.41. The number of phosphoric ester groups is 1. The fourth-order valence-electron chi connectivity index (χ4n) is 5.95. The lowest BCUT2D eigenvalue weighted by molar-refractivity contribution is -0.220. The zero-order chi connectivity index (χ0) is 44.3. The maximum atomic E-state index is 12.8. The molecule has 6 N–H and O–H groups in total. The molecule has 1 aliphatic rings. The van der Waals surface area contributed by atoms with Crippen molar-refractivity contribution in [1.29, 1.82) is 0 Å². The summed E-state index contributed by atoms with van der Waals surface area (Å²) in [5.74, 6) is -1.22. The molecule has 0 heterocycles. The molecule has 0 saturated heterocycles. The molecule has 13 nitrogen and oxygen atoms in total. The SMILES string of the molecule is CC/C=C\C/C=C\C/C=C\C/C=C\C/C=C\C/C=C\CCC(=O)OC(COC(=O)CCCCCCC/C=C\CCCCC)COP(=O)(O)OC1C(O)C(O)C(O)C(O)C1O. The zero-order valence-electron chi connectivity index (χ0n) is 36.0. The Kier molecular flexibility index (Phi) is 32.7. The molecule has 0 aliphatic heterocycles. The topological polar surface area (TPSA) is 210 Å². The van der Waals surface area contributed by atoms with Crippen LogP contribution in [0, 0.1) is 0 Å². The van der Waals surface area contributed by atoms with Gasteiger partial charge < -0.3 is 39.9 Å². The minimum Gasteiger partial charge on any atom is -0.462 e. The van der Waals surface area contributed by atoms with Crippen molar-refractivity contribution < 1.29 is 63.1 Å². The van der Waals surface area contributed by atoms with Gasteiger partial charge in [-0.05, 0) is 77.0 Å². The number of rotatable bonds is 34. The van der Waals surface area contributed by atoms with Crippen molar-refractivity contribution in [2.24, 2.45) is 0 Å². The van der Waals surface area contributed by atoms with E-state index < -0.39 is 75.7 Å². The molecule has 0 radical (unpaired) electrons. The largest absolute Gasteiger partial charge is 0.472 e. The molecule has 1 rings (SSSR count). The van der Waals surface area contributed by atoms with Crippen LogP contribution in [-0.2, 0) is 32.7 Å². The van der Waals surface area contributed by atoms with Gasteiger partial charge in [-0.15, -0.1) is 0 Å². The molecule has 14 heteroatoms. The molecule has 6 unspecified atom stereocenters. The maximum absolute atomic E-state index is 12.8. The van der Waals surface area contributed by atoms with Crippen LogP contribution in [-0.4, -0.2) is 98.3 Å². The number of unbranched alkanes of at least 4 members (excludes halogenated alkanes) is 8. The molecule has 1 fully saturated rings. The summed E-state index contributed by atoms with van der Waals surface area (Å²) in [5.41, 5.74) is 0. The van der Waals surface area contributed by atoms with Crippen LogP contribution in [0.1, 0.15) is 136 Å². The molecule has 0 bridgehead atoms. The summed E-state index contributed by atoms with van der Waals surface area (Å²) in [5, 5.41) is 50.1. The normalized spacial score (nSPS) is 23.0. The van der Waals surface area contributed by atoms with E-state index in [0.717, 1.165) is 70.6 Å². The summed E-state index contributed by atoms with van der Waals surface area (Å²) < 4.78 is 33.3. The molecule has 0 aromatic rings. The van der Waals surface area contributed by atoms with Crippen molar-refractivity contribution in [2.75, 3.05) is 13.2 Å². The highest BCUT2D eigenvalue weighted by Crippen LogP contribution is 2.47. The number of hydrogen-bond acceptors (Lipinski definition) is 12. The maximum Gasteiger partial charge on any atom is 0.472 e. The lowest BCUT2D eigenvalue weighted by atomic mass is 9.85. The predicted octanol–water partition coefficient (Wildman–Crippen LogP) is 8.11. The zero-order valence-corrected chi connectivity index (χ0v) is 36.9. The molecule has 60 heavy (non-hydrogen) atoms. The van der Waals surface area contributed by atoms with E-state index in [9.17, 15) is 44.6 Å². The highest BCUT2D eigenvalue weighted by Gasteiger charge is 2.51. The Balaban J connectivity index is 2.56. The quantitative estimate of drug-likeness (QED) is 0.0157. The van der Waals surface area contributed by atoms with Crippen LogP contribution in [0.5, 0.6) is 0 Å². The van der Waals surface area contributed by atoms with E-state index >= 15 is 0 Å². The average molecular weight is 867 g/mol. The van der Waals surface area contributed by atoms with Crippen LogP contribution >= 0.6 is 7.82 Å². The summed E-state index contributed by atoms with van der Waals surface area (Å²) in [6.45, 7) is 3.06. The highest BCUT2D eigenvalue weighted by molar-refractivity contribution is 7.47. The van der Waals surface area contributed by atoms with Crippen molar-refractivity contribution in [2.45, 2.75) is 179 Å². The number of aliphatic hydroxyl groups excluding tert-OH is 5. The van der Waals surface area contributed by atoms with Crippen LogP contribution in [0.3, 0.4) is 0 Å². The summed E-state index contributed by atoms with van der Waals surface area (Å²) in [6.07, 6.45) is 32.3. The van der Waals surface area contributed by atoms with Crippen molar-refractivity contribution in [3.8, 4) is 0 Å². The number of phosphoric acid groups is 1.